The van der Waals surface area contributed by atoms with Gasteiger partial charge in [-0.3, -0.25) is 0 Å². The van der Waals surface area contributed by atoms with Crippen molar-refractivity contribution in [3.63, 3.8) is 0 Å². The van der Waals surface area contributed by atoms with Crippen LogP contribution in [0.15, 0.2) is 42.5 Å². The number of nitrogens with one attached hydrogen (secondary N) is 1. The second-order valence-electron chi connectivity index (χ2n) is 5.43. The number of rotatable bonds is 5. The molecule has 0 radical (unpaired) electrons. The van der Waals surface area contributed by atoms with Gasteiger partial charge in [0, 0.05) is 6.54 Å². The van der Waals surface area contributed by atoms with Gasteiger partial charge in [-0.2, -0.15) is 0 Å². The molecule has 2 aromatic carbocycles. The molecule has 1 atom stereocenters. The van der Waals surface area contributed by atoms with Crippen molar-refractivity contribution < 1.29 is 9.47 Å². The van der Waals surface area contributed by atoms with Crippen LogP contribution in [0.1, 0.15) is 36.6 Å². The van der Waals surface area contributed by atoms with Gasteiger partial charge < -0.3 is 14.8 Å². The van der Waals surface area contributed by atoms with Gasteiger partial charge in [0.25, 0.3) is 0 Å². The lowest BCUT2D eigenvalue weighted by atomic mass is 9.90. The normalized spacial score (nSPS) is 16.9. The lowest BCUT2D eigenvalue weighted by Gasteiger charge is -2.28. The van der Waals surface area contributed by atoms with Crippen LogP contribution in [0.25, 0.3) is 0 Å². The van der Waals surface area contributed by atoms with Crippen LogP contribution in [0.3, 0.4) is 0 Å². The Morgan fingerprint density at radius 3 is 2.36 bits per heavy atom. The number of hydrogen-bond acceptors (Lipinski definition) is 3. The minimum Gasteiger partial charge on any atom is -0.494 e. The number of ether oxygens (including phenoxy) is 2. The Bertz CT molecular complexity index is 622. The van der Waals surface area contributed by atoms with Crippen LogP contribution in [0.2, 0.25) is 0 Å². The predicted octanol–water partition coefficient (Wildman–Crippen LogP) is 3.72. The Kier molecular flexibility index (Phi) is 4.64. The van der Waals surface area contributed by atoms with Gasteiger partial charge in [-0.05, 0) is 61.2 Å². The van der Waals surface area contributed by atoms with Gasteiger partial charge in [0.1, 0.15) is 11.5 Å². The van der Waals surface area contributed by atoms with E-state index in [4.69, 9.17) is 9.47 Å². The first-order valence-electron chi connectivity index (χ1n) is 8.03. The topological polar surface area (TPSA) is 30.5 Å². The van der Waals surface area contributed by atoms with E-state index >= 15 is 0 Å². The van der Waals surface area contributed by atoms with Gasteiger partial charge in [0.05, 0.1) is 19.3 Å². The fourth-order valence-electron chi connectivity index (χ4n) is 3.02. The van der Waals surface area contributed by atoms with Gasteiger partial charge in [-0.25, -0.2) is 0 Å². The molecule has 1 aliphatic heterocycles. The van der Waals surface area contributed by atoms with Crippen LogP contribution >= 0.6 is 0 Å². The minimum atomic E-state index is 0.245. The molecule has 1 unspecified atom stereocenters. The molecule has 0 saturated heterocycles. The molecule has 1 aliphatic rings. The highest BCUT2D eigenvalue weighted by molar-refractivity contribution is 5.44. The maximum atomic E-state index is 5.62. The molecule has 0 fully saturated rings. The Balaban J connectivity index is 1.87. The summed E-state index contributed by atoms with van der Waals surface area (Å²) in [4.78, 5) is 0. The summed E-state index contributed by atoms with van der Waals surface area (Å²) in [5.74, 6) is 1.89. The third-order valence-corrected chi connectivity index (χ3v) is 4.00. The molecule has 22 heavy (non-hydrogen) atoms. The van der Waals surface area contributed by atoms with E-state index in [2.05, 4.69) is 35.6 Å². The van der Waals surface area contributed by atoms with Gasteiger partial charge in [0.2, 0.25) is 0 Å². The van der Waals surface area contributed by atoms with Crippen molar-refractivity contribution in [2.75, 3.05) is 19.8 Å². The molecule has 1 N–H and O–H groups in total. The van der Waals surface area contributed by atoms with E-state index in [0.29, 0.717) is 13.2 Å². The Morgan fingerprint density at radius 2 is 1.64 bits per heavy atom. The monoisotopic (exact) mass is 297 g/mol. The average Bonchev–Trinajstić information content (AvgIpc) is 2.55. The molecular weight excluding hydrogens is 274 g/mol. The molecular formula is C19H23NO2. The van der Waals surface area contributed by atoms with Gasteiger partial charge >= 0.3 is 0 Å². The SMILES string of the molecule is CCOc1ccc(C2NCCc3cc(OCC)ccc32)cc1. The van der Waals surface area contributed by atoms with E-state index < -0.39 is 0 Å². The van der Waals surface area contributed by atoms with E-state index in [1.54, 1.807) is 0 Å². The van der Waals surface area contributed by atoms with Crippen molar-refractivity contribution in [3.05, 3.63) is 59.2 Å². The predicted molar refractivity (Wildman–Crippen MR) is 88.8 cm³/mol. The van der Waals surface area contributed by atoms with E-state index in [0.717, 1.165) is 24.5 Å². The number of benzene rings is 2. The first-order chi connectivity index (χ1) is 10.8. The quantitative estimate of drug-likeness (QED) is 0.912. The lowest BCUT2D eigenvalue weighted by Crippen LogP contribution is -2.30. The Labute approximate surface area is 132 Å². The van der Waals surface area contributed by atoms with Crippen LogP contribution in [0, 0.1) is 0 Å². The second kappa shape index (κ2) is 6.84. The van der Waals surface area contributed by atoms with Crippen LogP contribution in [-0.4, -0.2) is 19.8 Å². The summed E-state index contributed by atoms with van der Waals surface area (Å²) in [7, 11) is 0. The first-order valence-corrected chi connectivity index (χ1v) is 8.03. The maximum absolute atomic E-state index is 5.62. The molecule has 0 amide bonds. The summed E-state index contributed by atoms with van der Waals surface area (Å²) in [5, 5.41) is 3.61. The van der Waals surface area contributed by atoms with Crippen LogP contribution in [0.4, 0.5) is 0 Å². The van der Waals surface area contributed by atoms with E-state index in [9.17, 15) is 0 Å². The van der Waals surface area contributed by atoms with E-state index in [-0.39, 0.29) is 6.04 Å². The summed E-state index contributed by atoms with van der Waals surface area (Å²) in [6, 6.07) is 15.1. The fraction of sp³-hybridized carbons (Fsp3) is 0.368. The molecule has 116 valence electrons. The molecule has 0 aromatic heterocycles. The van der Waals surface area contributed by atoms with Crippen LogP contribution < -0.4 is 14.8 Å². The summed E-state index contributed by atoms with van der Waals surface area (Å²) >= 11 is 0. The van der Waals surface area contributed by atoms with Gasteiger partial charge in [-0.1, -0.05) is 18.2 Å². The smallest absolute Gasteiger partial charge is 0.119 e. The molecule has 2 aromatic rings. The second-order valence-corrected chi connectivity index (χ2v) is 5.43. The highest BCUT2D eigenvalue weighted by Crippen LogP contribution is 2.31. The van der Waals surface area contributed by atoms with Gasteiger partial charge in [0.15, 0.2) is 0 Å². The molecule has 3 nitrogen and oxygen atoms in total. The Hall–Kier alpha value is -2.00. The lowest BCUT2D eigenvalue weighted by molar-refractivity contribution is 0.339. The largest absolute Gasteiger partial charge is 0.494 e. The van der Waals surface area contributed by atoms with Crippen LogP contribution in [0.5, 0.6) is 11.5 Å². The molecule has 0 spiro atoms. The molecule has 3 rings (SSSR count). The minimum absolute atomic E-state index is 0.245. The summed E-state index contributed by atoms with van der Waals surface area (Å²) in [6.07, 6.45) is 1.05. The third kappa shape index (κ3) is 3.09. The molecule has 0 saturated carbocycles. The summed E-state index contributed by atoms with van der Waals surface area (Å²) in [5.41, 5.74) is 4.00. The average molecular weight is 297 g/mol. The van der Waals surface area contributed by atoms with Crippen molar-refractivity contribution in [2.45, 2.75) is 26.3 Å². The zero-order valence-electron chi connectivity index (χ0n) is 13.3. The number of hydrogen-bond donors (Lipinski definition) is 1. The van der Waals surface area contributed by atoms with Crippen molar-refractivity contribution in [1.29, 1.82) is 0 Å². The zero-order valence-corrected chi connectivity index (χ0v) is 13.3. The van der Waals surface area contributed by atoms with E-state index in [1.807, 2.05) is 26.0 Å². The van der Waals surface area contributed by atoms with Gasteiger partial charge in [-0.15, -0.1) is 0 Å². The Morgan fingerprint density at radius 1 is 0.955 bits per heavy atom. The first kappa shape index (κ1) is 14.9. The summed E-state index contributed by atoms with van der Waals surface area (Å²) < 4.78 is 11.1. The fourth-order valence-corrected chi connectivity index (χ4v) is 3.02. The highest BCUT2D eigenvalue weighted by Gasteiger charge is 2.21. The molecule has 0 aliphatic carbocycles. The highest BCUT2D eigenvalue weighted by atomic mass is 16.5. The van der Waals surface area contributed by atoms with Crippen LogP contribution in [-0.2, 0) is 6.42 Å². The number of fused-ring (bicyclic) bond motifs is 1. The maximum Gasteiger partial charge on any atom is 0.119 e. The van der Waals surface area contributed by atoms with Crippen molar-refractivity contribution in [3.8, 4) is 11.5 Å². The van der Waals surface area contributed by atoms with Crippen molar-refractivity contribution >= 4 is 0 Å². The molecule has 3 heteroatoms. The molecule has 1 heterocycles. The zero-order chi connectivity index (χ0) is 15.4. The van der Waals surface area contributed by atoms with E-state index in [1.165, 1.54) is 16.7 Å². The molecule has 0 bridgehead atoms. The van der Waals surface area contributed by atoms with Crippen molar-refractivity contribution in [2.24, 2.45) is 0 Å². The standard InChI is InChI=1S/C19H23NO2/c1-3-21-16-7-5-14(6-8-16)19-18-10-9-17(22-4-2)13-15(18)11-12-20-19/h5-10,13,19-20H,3-4,11-12H2,1-2H3. The third-order valence-electron chi connectivity index (χ3n) is 4.00. The van der Waals surface area contributed by atoms with Crippen molar-refractivity contribution in [1.82, 2.24) is 5.32 Å². The summed E-state index contributed by atoms with van der Waals surface area (Å²) in [6.45, 7) is 6.41.